The largest absolute Gasteiger partial charge is 0.361 e. The molecule has 1 saturated heterocycles. The minimum absolute atomic E-state index is 0.0770. The zero-order chi connectivity index (χ0) is 17.3. The molecule has 1 unspecified atom stereocenters. The van der Waals surface area contributed by atoms with Crippen molar-refractivity contribution in [1.29, 1.82) is 0 Å². The van der Waals surface area contributed by atoms with E-state index in [9.17, 15) is 18.0 Å². The van der Waals surface area contributed by atoms with E-state index in [1.54, 1.807) is 0 Å². The van der Waals surface area contributed by atoms with E-state index in [-0.39, 0.29) is 12.8 Å². The molecular weight excluding hydrogens is 330 g/mol. The van der Waals surface area contributed by atoms with E-state index in [0.29, 0.717) is 17.3 Å². The Labute approximate surface area is 140 Å². The normalized spacial score (nSPS) is 18.3. The molecule has 0 saturated carbocycles. The van der Waals surface area contributed by atoms with Crippen molar-refractivity contribution in [2.24, 2.45) is 0 Å². The van der Waals surface area contributed by atoms with Crippen LogP contribution in [0.15, 0.2) is 30.5 Å². The molecular formula is C16H19N3O4S. The summed E-state index contributed by atoms with van der Waals surface area (Å²) < 4.78 is 24.1. The molecule has 1 aromatic heterocycles. The summed E-state index contributed by atoms with van der Waals surface area (Å²) in [6.07, 6.45) is 3.77. The number of H-pyrrole nitrogens is 1. The summed E-state index contributed by atoms with van der Waals surface area (Å²) >= 11 is 0. The van der Waals surface area contributed by atoms with Gasteiger partial charge in [-0.05, 0) is 24.5 Å². The molecule has 24 heavy (non-hydrogen) atoms. The molecule has 8 heteroatoms. The lowest BCUT2D eigenvalue weighted by molar-refractivity contribution is -0.130. The molecule has 2 aromatic rings. The second-order valence-corrected chi connectivity index (χ2v) is 7.77. The summed E-state index contributed by atoms with van der Waals surface area (Å²) in [4.78, 5) is 27.1. The quantitative estimate of drug-likeness (QED) is 0.833. The first-order valence-corrected chi connectivity index (χ1v) is 9.57. The number of fused-ring (bicyclic) bond motifs is 1. The van der Waals surface area contributed by atoms with Crippen molar-refractivity contribution in [3.63, 3.8) is 0 Å². The SMILES string of the molecule is CS(=O)(=O)N1C(=O)CCC1C(=O)NCCc1c[nH]c2ccccc12. The Bertz CT molecular complexity index is 888. The van der Waals surface area contributed by atoms with Gasteiger partial charge in [0.2, 0.25) is 21.8 Å². The topological polar surface area (TPSA) is 99.3 Å². The van der Waals surface area contributed by atoms with Gasteiger partial charge in [-0.25, -0.2) is 12.7 Å². The Morgan fingerprint density at radius 3 is 2.88 bits per heavy atom. The van der Waals surface area contributed by atoms with E-state index in [1.165, 1.54) is 0 Å². The van der Waals surface area contributed by atoms with Crippen LogP contribution < -0.4 is 5.32 Å². The molecule has 1 atom stereocenters. The van der Waals surface area contributed by atoms with Gasteiger partial charge in [-0.3, -0.25) is 9.59 Å². The first-order chi connectivity index (χ1) is 11.4. The number of hydrogen-bond acceptors (Lipinski definition) is 4. The van der Waals surface area contributed by atoms with Crippen LogP contribution in [0.25, 0.3) is 10.9 Å². The fourth-order valence-electron chi connectivity index (χ4n) is 3.09. The number of amides is 2. The Kier molecular flexibility index (Phi) is 4.31. The van der Waals surface area contributed by atoms with Crippen molar-refractivity contribution >= 4 is 32.7 Å². The van der Waals surface area contributed by atoms with Crippen LogP contribution in [0.2, 0.25) is 0 Å². The number of carbonyl (C=O) groups is 2. The lowest BCUT2D eigenvalue weighted by atomic mass is 10.1. The number of rotatable bonds is 5. The molecule has 1 aromatic carbocycles. The number of hydrogen-bond donors (Lipinski definition) is 2. The molecule has 2 amide bonds. The molecule has 7 nitrogen and oxygen atoms in total. The van der Waals surface area contributed by atoms with Crippen LogP contribution in [-0.2, 0) is 26.0 Å². The van der Waals surface area contributed by atoms with Gasteiger partial charge >= 0.3 is 0 Å². The number of aromatic amines is 1. The maximum Gasteiger partial charge on any atom is 0.244 e. The first kappa shape index (κ1) is 16.5. The third-order valence-electron chi connectivity index (χ3n) is 4.19. The average molecular weight is 349 g/mol. The summed E-state index contributed by atoms with van der Waals surface area (Å²) in [5.74, 6) is -0.944. The Morgan fingerprint density at radius 2 is 2.12 bits per heavy atom. The molecule has 0 spiro atoms. The van der Waals surface area contributed by atoms with Crippen LogP contribution in [0.3, 0.4) is 0 Å². The number of nitrogens with one attached hydrogen (secondary N) is 2. The van der Waals surface area contributed by atoms with Gasteiger partial charge < -0.3 is 10.3 Å². The zero-order valence-corrected chi connectivity index (χ0v) is 14.1. The van der Waals surface area contributed by atoms with Gasteiger partial charge in [0.1, 0.15) is 6.04 Å². The number of nitrogens with zero attached hydrogens (tertiary/aromatic N) is 1. The van der Waals surface area contributed by atoms with Crippen molar-refractivity contribution in [3.8, 4) is 0 Å². The van der Waals surface area contributed by atoms with Gasteiger partial charge in [-0.2, -0.15) is 0 Å². The van der Waals surface area contributed by atoms with E-state index in [1.807, 2.05) is 30.5 Å². The van der Waals surface area contributed by atoms with Crippen molar-refractivity contribution in [2.45, 2.75) is 25.3 Å². The smallest absolute Gasteiger partial charge is 0.244 e. The van der Waals surface area contributed by atoms with Gasteiger partial charge in [0.05, 0.1) is 6.26 Å². The molecule has 3 rings (SSSR count). The van der Waals surface area contributed by atoms with Gasteiger partial charge in [-0.15, -0.1) is 0 Å². The van der Waals surface area contributed by atoms with Gasteiger partial charge in [0.25, 0.3) is 0 Å². The summed E-state index contributed by atoms with van der Waals surface area (Å²) in [5, 5.41) is 3.84. The molecule has 2 N–H and O–H groups in total. The highest BCUT2D eigenvalue weighted by Gasteiger charge is 2.41. The first-order valence-electron chi connectivity index (χ1n) is 7.73. The number of benzene rings is 1. The van der Waals surface area contributed by atoms with Gasteiger partial charge in [-0.1, -0.05) is 18.2 Å². The number of sulfonamides is 1. The van der Waals surface area contributed by atoms with Gasteiger partial charge in [0.15, 0.2) is 0 Å². The Balaban J connectivity index is 1.62. The second-order valence-electron chi connectivity index (χ2n) is 5.91. The van der Waals surface area contributed by atoms with Crippen molar-refractivity contribution in [1.82, 2.24) is 14.6 Å². The highest BCUT2D eigenvalue weighted by atomic mass is 32.2. The van der Waals surface area contributed by atoms with Crippen LogP contribution in [0, 0.1) is 0 Å². The molecule has 2 heterocycles. The standard InChI is InChI=1S/C16H19N3O4S/c1-24(22,23)19-14(6-7-15(19)20)16(21)17-9-8-11-10-18-13-5-3-2-4-12(11)13/h2-5,10,14,18H,6-9H2,1H3,(H,17,21). The molecule has 1 fully saturated rings. The number of para-hydroxylation sites is 1. The summed E-state index contributed by atoms with van der Waals surface area (Å²) in [7, 11) is -3.73. The molecule has 0 bridgehead atoms. The minimum Gasteiger partial charge on any atom is -0.361 e. The maximum atomic E-state index is 12.3. The van der Waals surface area contributed by atoms with Crippen LogP contribution in [-0.4, -0.2) is 48.4 Å². The summed E-state index contributed by atoms with van der Waals surface area (Å²) in [5.41, 5.74) is 2.11. The van der Waals surface area contributed by atoms with Crippen LogP contribution in [0.5, 0.6) is 0 Å². The molecule has 0 radical (unpaired) electrons. The van der Waals surface area contributed by atoms with E-state index in [0.717, 1.165) is 22.7 Å². The van der Waals surface area contributed by atoms with E-state index < -0.39 is 27.9 Å². The second kappa shape index (κ2) is 6.27. The van der Waals surface area contributed by atoms with Crippen LogP contribution >= 0.6 is 0 Å². The van der Waals surface area contributed by atoms with Crippen LogP contribution in [0.1, 0.15) is 18.4 Å². The van der Waals surface area contributed by atoms with Crippen molar-refractivity contribution < 1.29 is 18.0 Å². The predicted octanol–water partition coefficient (Wildman–Crippen LogP) is 0.777. The van der Waals surface area contributed by atoms with E-state index >= 15 is 0 Å². The molecule has 0 aliphatic carbocycles. The lowest BCUT2D eigenvalue weighted by Gasteiger charge is -2.21. The fourth-order valence-corrected chi connectivity index (χ4v) is 4.22. The highest BCUT2D eigenvalue weighted by Crippen LogP contribution is 2.22. The maximum absolute atomic E-state index is 12.3. The zero-order valence-electron chi connectivity index (χ0n) is 13.3. The monoisotopic (exact) mass is 349 g/mol. The number of aromatic nitrogens is 1. The van der Waals surface area contributed by atoms with Gasteiger partial charge in [0, 0.05) is 30.1 Å². The van der Waals surface area contributed by atoms with Crippen molar-refractivity contribution in [2.75, 3.05) is 12.8 Å². The summed E-state index contributed by atoms with van der Waals surface area (Å²) in [6.45, 7) is 0.378. The Morgan fingerprint density at radius 1 is 1.38 bits per heavy atom. The Hall–Kier alpha value is -2.35. The predicted molar refractivity (Wildman–Crippen MR) is 89.7 cm³/mol. The third kappa shape index (κ3) is 3.14. The van der Waals surface area contributed by atoms with E-state index in [2.05, 4.69) is 10.3 Å². The minimum atomic E-state index is -3.73. The summed E-state index contributed by atoms with van der Waals surface area (Å²) in [6, 6.07) is 6.94. The average Bonchev–Trinajstić information content (AvgIpc) is 3.11. The number of carbonyl (C=O) groups excluding carboxylic acids is 2. The highest BCUT2D eigenvalue weighted by molar-refractivity contribution is 7.89. The molecule has 1 aliphatic rings. The fraction of sp³-hybridized carbons (Fsp3) is 0.375. The third-order valence-corrected chi connectivity index (χ3v) is 5.36. The molecule has 128 valence electrons. The molecule has 1 aliphatic heterocycles. The van der Waals surface area contributed by atoms with E-state index in [4.69, 9.17) is 0 Å². The van der Waals surface area contributed by atoms with Crippen LogP contribution in [0.4, 0.5) is 0 Å². The van der Waals surface area contributed by atoms with Crippen molar-refractivity contribution in [3.05, 3.63) is 36.0 Å². The lowest BCUT2D eigenvalue weighted by Crippen LogP contribution is -2.47.